The first kappa shape index (κ1) is 19.7. The zero-order chi connectivity index (χ0) is 15.5. The molecule has 2 fully saturated rings. The van der Waals surface area contributed by atoms with Crippen LogP contribution >= 0.6 is 12.4 Å². The number of piperazine rings is 1. The number of nitrogens with zero attached hydrogens (tertiary/aromatic N) is 2. The van der Waals surface area contributed by atoms with Crippen LogP contribution < -0.4 is 5.32 Å². The van der Waals surface area contributed by atoms with E-state index in [0.29, 0.717) is 12.5 Å². The van der Waals surface area contributed by atoms with Gasteiger partial charge in [0.15, 0.2) is 0 Å². The molecule has 1 saturated heterocycles. The van der Waals surface area contributed by atoms with Crippen molar-refractivity contribution < 1.29 is 4.79 Å². The summed E-state index contributed by atoms with van der Waals surface area (Å²) in [7, 11) is 0. The van der Waals surface area contributed by atoms with E-state index in [4.69, 9.17) is 0 Å². The van der Waals surface area contributed by atoms with Gasteiger partial charge in [-0.2, -0.15) is 0 Å². The zero-order valence-electron chi connectivity index (χ0n) is 14.7. The van der Waals surface area contributed by atoms with Crippen molar-refractivity contribution in [2.75, 3.05) is 26.2 Å². The molecule has 0 aromatic heterocycles. The Hall–Kier alpha value is -0.320. The van der Waals surface area contributed by atoms with Crippen LogP contribution in [0.4, 0.5) is 0 Å². The van der Waals surface area contributed by atoms with Gasteiger partial charge in [-0.1, -0.05) is 19.3 Å². The van der Waals surface area contributed by atoms with Gasteiger partial charge in [0, 0.05) is 37.3 Å². The third kappa shape index (κ3) is 4.36. The number of hydrogen-bond donors (Lipinski definition) is 1. The van der Waals surface area contributed by atoms with Gasteiger partial charge in [-0.3, -0.25) is 9.69 Å². The Labute approximate surface area is 142 Å². The summed E-state index contributed by atoms with van der Waals surface area (Å²) in [6.07, 6.45) is 6.47. The molecule has 2 aliphatic rings. The monoisotopic (exact) mass is 331 g/mol. The lowest BCUT2D eigenvalue weighted by Crippen LogP contribution is -2.64. The van der Waals surface area contributed by atoms with Crippen LogP contribution in [0.15, 0.2) is 0 Å². The molecule has 0 atom stereocenters. The highest BCUT2D eigenvalue weighted by Crippen LogP contribution is 2.34. The van der Waals surface area contributed by atoms with Crippen molar-refractivity contribution in [1.82, 2.24) is 15.1 Å². The number of nitrogens with one attached hydrogen (secondary N) is 1. The lowest BCUT2D eigenvalue weighted by molar-refractivity contribution is -0.138. The maximum atomic E-state index is 12.8. The van der Waals surface area contributed by atoms with Gasteiger partial charge in [-0.25, -0.2) is 0 Å². The largest absolute Gasteiger partial charge is 0.337 e. The summed E-state index contributed by atoms with van der Waals surface area (Å²) in [5, 5.41) is 3.56. The molecule has 1 N–H and O–H groups in total. The highest BCUT2D eigenvalue weighted by molar-refractivity contribution is 5.85. The van der Waals surface area contributed by atoms with Crippen LogP contribution in [0.1, 0.15) is 59.8 Å². The van der Waals surface area contributed by atoms with Crippen LogP contribution in [-0.4, -0.2) is 59.5 Å². The molecule has 2 rings (SSSR count). The van der Waals surface area contributed by atoms with Gasteiger partial charge in [-0.15, -0.1) is 12.4 Å². The third-order valence-corrected chi connectivity index (χ3v) is 5.19. The summed E-state index contributed by atoms with van der Waals surface area (Å²) in [5.41, 5.74) is 0.242. The molecule has 0 radical (unpaired) electrons. The summed E-state index contributed by atoms with van der Waals surface area (Å²) in [5.74, 6) is 0.298. The SMILES string of the molecule is CC(C)N(C(=O)CN1CCNCC12CCCCC2)C(C)C.Cl. The summed E-state index contributed by atoms with van der Waals surface area (Å²) in [6, 6.07) is 0.561. The normalized spacial score (nSPS) is 21.9. The van der Waals surface area contributed by atoms with Crippen LogP contribution in [0, 0.1) is 0 Å². The quantitative estimate of drug-likeness (QED) is 0.860. The molecule has 0 aromatic carbocycles. The molecular weight excluding hydrogens is 298 g/mol. The van der Waals surface area contributed by atoms with Crippen LogP contribution in [-0.2, 0) is 4.79 Å². The van der Waals surface area contributed by atoms with Crippen LogP contribution in [0.5, 0.6) is 0 Å². The molecule has 0 aromatic rings. The number of rotatable bonds is 4. The number of hydrogen-bond acceptors (Lipinski definition) is 3. The minimum absolute atomic E-state index is 0. The Morgan fingerprint density at radius 3 is 2.27 bits per heavy atom. The fraction of sp³-hybridized carbons (Fsp3) is 0.941. The van der Waals surface area contributed by atoms with Gasteiger partial charge >= 0.3 is 0 Å². The first-order valence-electron chi connectivity index (χ1n) is 8.73. The van der Waals surface area contributed by atoms with Crippen molar-refractivity contribution in [3.8, 4) is 0 Å². The number of halogens is 1. The molecule has 1 spiro atoms. The van der Waals surface area contributed by atoms with E-state index < -0.39 is 0 Å². The highest BCUT2D eigenvalue weighted by Gasteiger charge is 2.41. The fourth-order valence-corrected chi connectivity index (χ4v) is 4.25. The first-order valence-corrected chi connectivity index (χ1v) is 8.73. The van der Waals surface area contributed by atoms with Gasteiger partial charge in [-0.05, 0) is 40.5 Å². The van der Waals surface area contributed by atoms with Crippen LogP contribution in [0.3, 0.4) is 0 Å². The summed E-state index contributed by atoms with van der Waals surface area (Å²) < 4.78 is 0. The predicted molar refractivity (Wildman–Crippen MR) is 94.6 cm³/mol. The van der Waals surface area contributed by atoms with Gasteiger partial charge in [0.2, 0.25) is 5.91 Å². The van der Waals surface area contributed by atoms with E-state index in [0.717, 1.165) is 19.6 Å². The van der Waals surface area contributed by atoms with Crippen molar-refractivity contribution >= 4 is 18.3 Å². The molecule has 5 heteroatoms. The smallest absolute Gasteiger partial charge is 0.237 e. The van der Waals surface area contributed by atoms with Crippen molar-refractivity contribution in [2.45, 2.75) is 77.4 Å². The molecule has 130 valence electrons. The average molecular weight is 332 g/mol. The maximum Gasteiger partial charge on any atom is 0.237 e. The van der Waals surface area contributed by atoms with Crippen LogP contribution in [0.25, 0.3) is 0 Å². The van der Waals surface area contributed by atoms with E-state index in [9.17, 15) is 4.79 Å². The highest BCUT2D eigenvalue weighted by atomic mass is 35.5. The minimum atomic E-state index is 0. The Kier molecular flexibility index (Phi) is 7.63. The second-order valence-electron chi connectivity index (χ2n) is 7.37. The van der Waals surface area contributed by atoms with E-state index in [1.165, 1.54) is 32.1 Å². The third-order valence-electron chi connectivity index (χ3n) is 5.19. The lowest BCUT2D eigenvalue weighted by atomic mass is 9.79. The molecule has 1 aliphatic carbocycles. The molecule has 1 heterocycles. The Morgan fingerprint density at radius 2 is 1.73 bits per heavy atom. The molecule has 1 aliphatic heterocycles. The van der Waals surface area contributed by atoms with Gasteiger partial charge in [0.25, 0.3) is 0 Å². The zero-order valence-corrected chi connectivity index (χ0v) is 15.5. The molecule has 0 unspecified atom stereocenters. The van der Waals surface area contributed by atoms with E-state index in [1.807, 2.05) is 4.90 Å². The molecular formula is C17H34ClN3O. The molecule has 4 nitrogen and oxygen atoms in total. The molecule has 0 bridgehead atoms. The first-order chi connectivity index (χ1) is 9.96. The van der Waals surface area contributed by atoms with E-state index in [1.54, 1.807) is 0 Å². The standard InChI is InChI=1S/C17H33N3O.ClH/c1-14(2)20(15(3)4)16(21)12-19-11-10-18-13-17(19)8-6-5-7-9-17;/h14-15,18H,5-13H2,1-4H3;1H. The second-order valence-corrected chi connectivity index (χ2v) is 7.37. The number of carbonyl (C=O) groups is 1. The maximum absolute atomic E-state index is 12.8. The van der Waals surface area contributed by atoms with Crippen LogP contribution in [0.2, 0.25) is 0 Å². The summed E-state index contributed by atoms with van der Waals surface area (Å²) >= 11 is 0. The van der Waals surface area contributed by atoms with Crippen molar-refractivity contribution in [3.63, 3.8) is 0 Å². The predicted octanol–water partition coefficient (Wildman–Crippen LogP) is 2.66. The second kappa shape index (κ2) is 8.51. The minimum Gasteiger partial charge on any atom is -0.337 e. The Bertz CT molecular complexity index is 338. The summed E-state index contributed by atoms with van der Waals surface area (Å²) in [4.78, 5) is 17.3. The van der Waals surface area contributed by atoms with Crippen molar-refractivity contribution in [1.29, 1.82) is 0 Å². The number of amides is 1. The van der Waals surface area contributed by atoms with E-state index in [-0.39, 0.29) is 30.0 Å². The topological polar surface area (TPSA) is 35.6 Å². The average Bonchev–Trinajstić information content (AvgIpc) is 2.41. The molecule has 1 amide bonds. The molecule has 1 saturated carbocycles. The van der Waals surface area contributed by atoms with E-state index in [2.05, 4.69) is 37.9 Å². The van der Waals surface area contributed by atoms with Gasteiger partial charge in [0.05, 0.1) is 6.54 Å². The lowest BCUT2D eigenvalue weighted by Gasteiger charge is -2.50. The Morgan fingerprint density at radius 1 is 1.14 bits per heavy atom. The van der Waals surface area contributed by atoms with Gasteiger partial charge < -0.3 is 10.2 Å². The van der Waals surface area contributed by atoms with Crippen molar-refractivity contribution in [2.24, 2.45) is 0 Å². The van der Waals surface area contributed by atoms with E-state index >= 15 is 0 Å². The number of carbonyl (C=O) groups excluding carboxylic acids is 1. The molecule has 22 heavy (non-hydrogen) atoms. The van der Waals surface area contributed by atoms with Gasteiger partial charge in [0.1, 0.15) is 0 Å². The fourth-order valence-electron chi connectivity index (χ4n) is 4.25. The summed E-state index contributed by atoms with van der Waals surface area (Å²) in [6.45, 7) is 12.1. The van der Waals surface area contributed by atoms with Crippen molar-refractivity contribution in [3.05, 3.63) is 0 Å². The Balaban J connectivity index is 0.00000242.